The van der Waals surface area contributed by atoms with Gasteiger partial charge in [-0.15, -0.1) is 0 Å². The number of anilines is 2. The summed E-state index contributed by atoms with van der Waals surface area (Å²) >= 11 is 0. The molecule has 1 fully saturated rings. The molecule has 0 spiro atoms. The Hall–Kier alpha value is -4.46. The number of fused-ring (bicyclic) bond motifs is 1. The van der Waals surface area contributed by atoms with Crippen molar-refractivity contribution in [3.8, 4) is 11.9 Å². The number of nitriles is 1. The van der Waals surface area contributed by atoms with Gasteiger partial charge in [0.1, 0.15) is 5.69 Å². The molecule has 0 radical (unpaired) electrons. The van der Waals surface area contributed by atoms with Gasteiger partial charge in [-0.25, -0.2) is 9.79 Å². The number of aromatic hydroxyl groups is 1. The fraction of sp³-hybridized carbons (Fsp3) is 0.158. The van der Waals surface area contributed by atoms with Crippen molar-refractivity contribution < 1.29 is 5.11 Å². The lowest BCUT2D eigenvalue weighted by Gasteiger charge is -2.05. The first-order valence-corrected chi connectivity index (χ1v) is 9.19. The first-order valence-electron chi connectivity index (χ1n) is 9.19. The van der Waals surface area contributed by atoms with Crippen molar-refractivity contribution >= 4 is 23.4 Å². The van der Waals surface area contributed by atoms with E-state index in [-0.39, 0.29) is 17.6 Å². The van der Waals surface area contributed by atoms with E-state index < -0.39 is 5.69 Å². The molecule has 1 aliphatic carbocycles. The smallest absolute Gasteiger partial charge is 0.326 e. The number of aromatic nitrogens is 6. The second-order valence-corrected chi connectivity index (χ2v) is 6.85. The van der Waals surface area contributed by atoms with Crippen LogP contribution in [-0.2, 0) is 0 Å². The molecule has 3 heterocycles. The lowest BCUT2D eigenvalue weighted by molar-refractivity contribution is 0.454. The van der Waals surface area contributed by atoms with Crippen LogP contribution in [0.2, 0.25) is 0 Å². The topological polar surface area (TPSA) is 160 Å². The van der Waals surface area contributed by atoms with Crippen molar-refractivity contribution in [1.29, 1.82) is 5.26 Å². The quantitative estimate of drug-likeness (QED) is 0.376. The Morgan fingerprint density at radius 1 is 1.33 bits per heavy atom. The van der Waals surface area contributed by atoms with Gasteiger partial charge >= 0.3 is 5.69 Å². The van der Waals surface area contributed by atoms with Crippen LogP contribution in [0.15, 0.2) is 40.2 Å². The lowest BCUT2D eigenvalue weighted by atomic mass is 10.2. The van der Waals surface area contributed by atoms with Crippen molar-refractivity contribution in [3.05, 3.63) is 63.0 Å². The number of H-pyrrole nitrogens is 2. The summed E-state index contributed by atoms with van der Waals surface area (Å²) in [5.41, 5.74) is 1.71. The number of hydrogen-bond acceptors (Lipinski definition) is 8. The molecule has 0 aliphatic heterocycles. The summed E-state index contributed by atoms with van der Waals surface area (Å²) in [6.45, 7) is 0. The predicted molar refractivity (Wildman–Crippen MR) is 106 cm³/mol. The molecular weight excluding hydrogens is 386 g/mol. The van der Waals surface area contributed by atoms with Gasteiger partial charge in [0.25, 0.3) is 5.62 Å². The van der Waals surface area contributed by atoms with E-state index in [2.05, 4.69) is 41.4 Å². The van der Waals surface area contributed by atoms with Crippen LogP contribution in [0.4, 0.5) is 11.6 Å². The van der Waals surface area contributed by atoms with Crippen molar-refractivity contribution in [2.24, 2.45) is 4.99 Å². The number of benzene rings is 1. The van der Waals surface area contributed by atoms with Crippen LogP contribution >= 0.6 is 0 Å². The fourth-order valence-electron chi connectivity index (χ4n) is 2.93. The summed E-state index contributed by atoms with van der Waals surface area (Å²) in [5.74, 6) is 0.0156. The van der Waals surface area contributed by atoms with E-state index in [1.54, 1.807) is 36.5 Å². The molecule has 4 N–H and O–H groups in total. The minimum absolute atomic E-state index is 0.208. The van der Waals surface area contributed by atoms with Crippen LogP contribution in [0, 0.1) is 11.3 Å². The zero-order valence-electron chi connectivity index (χ0n) is 15.5. The van der Waals surface area contributed by atoms with Crippen LogP contribution < -0.4 is 21.8 Å². The van der Waals surface area contributed by atoms with Gasteiger partial charge in [-0.2, -0.15) is 24.8 Å². The highest BCUT2D eigenvalue weighted by atomic mass is 16.3. The molecule has 11 nitrogen and oxygen atoms in total. The average molecular weight is 401 g/mol. The number of nitrogens with one attached hydrogen (secondary N) is 3. The van der Waals surface area contributed by atoms with Gasteiger partial charge < -0.3 is 15.4 Å². The maximum atomic E-state index is 11.4. The maximum absolute atomic E-state index is 11.4. The Morgan fingerprint density at radius 3 is 2.93 bits per heavy atom. The van der Waals surface area contributed by atoms with Gasteiger partial charge in [-0.3, -0.25) is 4.98 Å². The van der Waals surface area contributed by atoms with E-state index in [1.165, 1.54) is 4.52 Å². The van der Waals surface area contributed by atoms with E-state index in [9.17, 15) is 9.90 Å². The average Bonchev–Trinajstić information content (AvgIpc) is 3.37. The number of imidazole rings is 1. The molecule has 5 rings (SSSR count). The standard InChI is InChI=1S/C19H15N9O2/c20-8-10-2-1-3-13(6-10)22-17-25-15-11(7-14-16(29)26-19(30)24-14)9-21-28(15)18(27-17)23-12-4-5-12/h1-3,6-7,9,12,29H,4-5H2,(H,22,23,27)(H2,24,26,30)/b11-7+. The summed E-state index contributed by atoms with van der Waals surface area (Å²) in [5, 5.41) is 26.9. The minimum Gasteiger partial charge on any atom is -0.493 e. The molecule has 1 saturated carbocycles. The molecule has 1 aliphatic rings. The SMILES string of the molecule is N#Cc1cccc(Nc2nc(=NC3CC3)n3nc/c(=C\c4[nH]c(=O)[nH]c4O)c3n2)c1. The second kappa shape index (κ2) is 6.85. The third-order valence-corrected chi connectivity index (χ3v) is 4.51. The van der Waals surface area contributed by atoms with Crippen molar-refractivity contribution in [2.75, 3.05) is 5.32 Å². The summed E-state index contributed by atoms with van der Waals surface area (Å²) in [6, 6.07) is 9.26. The Bertz CT molecular complexity index is 1480. The van der Waals surface area contributed by atoms with Crippen LogP contribution in [0.5, 0.6) is 5.88 Å². The first kappa shape index (κ1) is 17.6. The number of aromatic amines is 2. The molecule has 0 saturated heterocycles. The highest BCUT2D eigenvalue weighted by Gasteiger charge is 2.21. The molecule has 0 unspecified atom stereocenters. The summed E-state index contributed by atoms with van der Waals surface area (Å²) < 4.78 is 1.52. The Balaban J connectivity index is 1.67. The molecule has 0 amide bonds. The van der Waals surface area contributed by atoms with E-state index in [0.29, 0.717) is 33.7 Å². The summed E-state index contributed by atoms with van der Waals surface area (Å²) in [4.78, 5) is 29.8. The maximum Gasteiger partial charge on any atom is 0.326 e. The Labute approximate surface area is 168 Å². The van der Waals surface area contributed by atoms with Gasteiger partial charge in [0.2, 0.25) is 11.8 Å². The largest absolute Gasteiger partial charge is 0.493 e. The molecule has 30 heavy (non-hydrogen) atoms. The van der Waals surface area contributed by atoms with Gasteiger partial charge in [-0.05, 0) is 37.1 Å². The predicted octanol–water partition coefficient (Wildman–Crippen LogP) is 0.0724. The zero-order valence-corrected chi connectivity index (χ0v) is 15.5. The van der Waals surface area contributed by atoms with Crippen molar-refractivity contribution in [1.82, 2.24) is 29.5 Å². The number of hydrogen-bond donors (Lipinski definition) is 4. The van der Waals surface area contributed by atoms with E-state index in [1.807, 2.05) is 0 Å². The Kier molecular flexibility index (Phi) is 4.03. The molecular formula is C19H15N9O2. The molecule has 0 bridgehead atoms. The normalized spacial score (nSPS) is 14.9. The molecule has 1 aromatic carbocycles. The summed E-state index contributed by atoms with van der Waals surface area (Å²) in [7, 11) is 0. The van der Waals surface area contributed by atoms with Gasteiger partial charge in [0.05, 0.1) is 23.9 Å². The molecule has 11 heteroatoms. The molecule has 0 atom stereocenters. The highest BCUT2D eigenvalue weighted by Crippen LogP contribution is 2.22. The molecule has 3 aromatic heterocycles. The van der Waals surface area contributed by atoms with Gasteiger partial charge in [0, 0.05) is 10.9 Å². The van der Waals surface area contributed by atoms with Crippen molar-refractivity contribution in [2.45, 2.75) is 18.9 Å². The summed E-state index contributed by atoms with van der Waals surface area (Å²) in [6.07, 6.45) is 5.11. The number of nitrogens with zero attached hydrogens (tertiary/aromatic N) is 6. The third kappa shape index (κ3) is 3.37. The van der Waals surface area contributed by atoms with Gasteiger partial charge in [-0.1, -0.05) is 6.07 Å². The monoisotopic (exact) mass is 401 g/mol. The lowest BCUT2D eigenvalue weighted by Crippen LogP contribution is -2.24. The van der Waals surface area contributed by atoms with E-state index in [4.69, 9.17) is 5.26 Å². The Morgan fingerprint density at radius 2 is 2.20 bits per heavy atom. The third-order valence-electron chi connectivity index (χ3n) is 4.51. The van der Waals surface area contributed by atoms with Crippen LogP contribution in [0.3, 0.4) is 0 Å². The van der Waals surface area contributed by atoms with E-state index >= 15 is 0 Å². The fourth-order valence-corrected chi connectivity index (χ4v) is 2.93. The van der Waals surface area contributed by atoms with Crippen LogP contribution in [0.25, 0.3) is 11.7 Å². The molecule has 4 aromatic rings. The minimum atomic E-state index is -0.519. The zero-order chi connectivity index (χ0) is 20.7. The van der Waals surface area contributed by atoms with Crippen LogP contribution in [0.1, 0.15) is 24.1 Å². The van der Waals surface area contributed by atoms with Crippen LogP contribution in [-0.4, -0.2) is 40.7 Å². The number of rotatable bonds is 4. The van der Waals surface area contributed by atoms with Crippen molar-refractivity contribution in [3.63, 3.8) is 0 Å². The molecule has 148 valence electrons. The van der Waals surface area contributed by atoms with Gasteiger partial charge in [0.15, 0.2) is 5.65 Å². The first-order chi connectivity index (χ1) is 14.6. The second-order valence-electron chi connectivity index (χ2n) is 6.85. The highest BCUT2D eigenvalue weighted by molar-refractivity contribution is 5.60. The van der Waals surface area contributed by atoms with E-state index in [0.717, 1.165) is 12.8 Å².